The SMILES string of the molecule is CCCC(C)NCCN(CC)CC(CC)CC. The topological polar surface area (TPSA) is 15.3 Å². The van der Waals surface area contributed by atoms with E-state index >= 15 is 0 Å². The van der Waals surface area contributed by atoms with Crippen molar-refractivity contribution < 1.29 is 0 Å². The van der Waals surface area contributed by atoms with E-state index in [-0.39, 0.29) is 0 Å². The highest BCUT2D eigenvalue weighted by Gasteiger charge is 2.09. The summed E-state index contributed by atoms with van der Waals surface area (Å²) in [6.45, 7) is 16.2. The van der Waals surface area contributed by atoms with E-state index in [0.29, 0.717) is 6.04 Å². The van der Waals surface area contributed by atoms with Crippen LogP contribution in [0.2, 0.25) is 0 Å². The molecule has 2 heteroatoms. The second-order valence-corrected chi connectivity index (χ2v) is 5.22. The number of hydrogen-bond acceptors (Lipinski definition) is 2. The van der Waals surface area contributed by atoms with E-state index in [9.17, 15) is 0 Å². The molecule has 0 aromatic rings. The Bertz CT molecular complexity index is 155. The molecule has 0 bridgehead atoms. The molecule has 0 rings (SSSR count). The van der Waals surface area contributed by atoms with Gasteiger partial charge in [-0.05, 0) is 25.8 Å². The van der Waals surface area contributed by atoms with Gasteiger partial charge in [-0.3, -0.25) is 0 Å². The highest BCUT2D eigenvalue weighted by molar-refractivity contribution is 4.66. The Morgan fingerprint density at radius 1 is 1.06 bits per heavy atom. The van der Waals surface area contributed by atoms with Gasteiger partial charge in [0.05, 0.1) is 0 Å². The summed E-state index contributed by atoms with van der Waals surface area (Å²) in [6, 6.07) is 0.673. The molecule has 17 heavy (non-hydrogen) atoms. The van der Waals surface area contributed by atoms with Gasteiger partial charge in [0, 0.05) is 25.7 Å². The first kappa shape index (κ1) is 16.9. The highest BCUT2D eigenvalue weighted by atomic mass is 15.1. The molecule has 0 fully saturated rings. The van der Waals surface area contributed by atoms with Gasteiger partial charge in [0.15, 0.2) is 0 Å². The number of nitrogens with one attached hydrogen (secondary N) is 1. The molecule has 0 aliphatic rings. The van der Waals surface area contributed by atoms with Crippen LogP contribution in [0.15, 0.2) is 0 Å². The molecular weight excluding hydrogens is 208 g/mol. The van der Waals surface area contributed by atoms with Crippen molar-refractivity contribution in [2.75, 3.05) is 26.2 Å². The summed E-state index contributed by atoms with van der Waals surface area (Å²) in [6.07, 6.45) is 5.19. The van der Waals surface area contributed by atoms with Crippen molar-refractivity contribution >= 4 is 0 Å². The maximum atomic E-state index is 3.62. The molecule has 0 aliphatic heterocycles. The quantitative estimate of drug-likeness (QED) is 0.596. The minimum Gasteiger partial charge on any atom is -0.313 e. The van der Waals surface area contributed by atoms with E-state index in [1.165, 1.54) is 45.3 Å². The fraction of sp³-hybridized carbons (Fsp3) is 1.00. The van der Waals surface area contributed by atoms with Gasteiger partial charge in [0.2, 0.25) is 0 Å². The van der Waals surface area contributed by atoms with E-state index in [4.69, 9.17) is 0 Å². The van der Waals surface area contributed by atoms with Crippen LogP contribution in [-0.4, -0.2) is 37.1 Å². The third-order valence-corrected chi connectivity index (χ3v) is 3.76. The molecule has 1 unspecified atom stereocenters. The molecule has 0 aromatic carbocycles. The molecule has 0 amide bonds. The van der Waals surface area contributed by atoms with Gasteiger partial charge in [0.1, 0.15) is 0 Å². The van der Waals surface area contributed by atoms with Crippen LogP contribution in [0.25, 0.3) is 0 Å². The van der Waals surface area contributed by atoms with E-state index < -0.39 is 0 Å². The first-order valence-electron chi connectivity index (χ1n) is 7.63. The molecule has 0 aromatic heterocycles. The third-order valence-electron chi connectivity index (χ3n) is 3.76. The molecule has 2 nitrogen and oxygen atoms in total. The third kappa shape index (κ3) is 8.62. The Kier molecular flexibility index (Phi) is 11.0. The maximum absolute atomic E-state index is 3.62. The Labute approximate surface area is 109 Å². The van der Waals surface area contributed by atoms with Crippen LogP contribution >= 0.6 is 0 Å². The number of nitrogens with zero attached hydrogens (tertiary/aromatic N) is 1. The van der Waals surface area contributed by atoms with E-state index in [0.717, 1.165) is 12.5 Å². The molecule has 0 aliphatic carbocycles. The predicted molar refractivity (Wildman–Crippen MR) is 78.6 cm³/mol. The van der Waals surface area contributed by atoms with Crippen molar-refractivity contribution in [3.8, 4) is 0 Å². The Hall–Kier alpha value is -0.0800. The minimum atomic E-state index is 0.673. The lowest BCUT2D eigenvalue weighted by atomic mass is 10.0. The van der Waals surface area contributed by atoms with Crippen molar-refractivity contribution in [2.45, 2.75) is 66.3 Å². The lowest BCUT2D eigenvalue weighted by molar-refractivity contribution is 0.231. The largest absolute Gasteiger partial charge is 0.313 e. The average Bonchev–Trinajstić information content (AvgIpc) is 2.34. The van der Waals surface area contributed by atoms with Crippen molar-refractivity contribution in [1.29, 1.82) is 0 Å². The Morgan fingerprint density at radius 3 is 2.18 bits per heavy atom. The van der Waals surface area contributed by atoms with Gasteiger partial charge < -0.3 is 10.2 Å². The molecule has 0 saturated heterocycles. The first-order chi connectivity index (χ1) is 8.17. The van der Waals surface area contributed by atoms with Crippen LogP contribution in [0, 0.1) is 5.92 Å². The van der Waals surface area contributed by atoms with Crippen molar-refractivity contribution in [1.82, 2.24) is 10.2 Å². The van der Waals surface area contributed by atoms with Crippen LogP contribution in [0.3, 0.4) is 0 Å². The smallest absolute Gasteiger partial charge is 0.0107 e. The first-order valence-corrected chi connectivity index (χ1v) is 7.63. The zero-order chi connectivity index (χ0) is 13.1. The monoisotopic (exact) mass is 242 g/mol. The van der Waals surface area contributed by atoms with E-state index in [1.807, 2.05) is 0 Å². The molecule has 0 heterocycles. The zero-order valence-corrected chi connectivity index (χ0v) is 12.8. The van der Waals surface area contributed by atoms with Gasteiger partial charge in [-0.15, -0.1) is 0 Å². The summed E-state index contributed by atoms with van der Waals surface area (Å²) in [7, 11) is 0. The van der Waals surface area contributed by atoms with Gasteiger partial charge in [0.25, 0.3) is 0 Å². The second-order valence-electron chi connectivity index (χ2n) is 5.22. The summed E-state index contributed by atoms with van der Waals surface area (Å²) in [5, 5.41) is 3.62. The fourth-order valence-corrected chi connectivity index (χ4v) is 2.29. The lowest BCUT2D eigenvalue weighted by Crippen LogP contribution is -2.38. The van der Waals surface area contributed by atoms with Crippen LogP contribution in [0.5, 0.6) is 0 Å². The zero-order valence-electron chi connectivity index (χ0n) is 12.8. The fourth-order valence-electron chi connectivity index (χ4n) is 2.29. The van der Waals surface area contributed by atoms with E-state index in [1.54, 1.807) is 0 Å². The number of likely N-dealkylation sites (N-methyl/N-ethyl adjacent to an activating group) is 1. The second kappa shape index (κ2) is 11.0. The minimum absolute atomic E-state index is 0.673. The van der Waals surface area contributed by atoms with Gasteiger partial charge in [-0.2, -0.15) is 0 Å². The molecule has 0 spiro atoms. The van der Waals surface area contributed by atoms with Crippen LogP contribution in [0.1, 0.15) is 60.3 Å². The molecule has 0 saturated carbocycles. The Morgan fingerprint density at radius 2 is 1.71 bits per heavy atom. The number of hydrogen-bond donors (Lipinski definition) is 1. The standard InChI is InChI=1S/C15H34N2/c1-6-10-14(5)16-11-12-17(9-4)13-15(7-2)8-3/h14-16H,6-13H2,1-5H3. The van der Waals surface area contributed by atoms with Gasteiger partial charge in [-0.1, -0.05) is 47.0 Å². The summed E-state index contributed by atoms with van der Waals surface area (Å²) >= 11 is 0. The number of rotatable bonds is 11. The van der Waals surface area contributed by atoms with Crippen LogP contribution in [-0.2, 0) is 0 Å². The van der Waals surface area contributed by atoms with Crippen molar-refractivity contribution in [2.24, 2.45) is 5.92 Å². The van der Waals surface area contributed by atoms with Crippen LogP contribution < -0.4 is 5.32 Å². The summed E-state index contributed by atoms with van der Waals surface area (Å²) in [5.74, 6) is 0.878. The lowest BCUT2D eigenvalue weighted by Gasteiger charge is -2.26. The van der Waals surface area contributed by atoms with E-state index in [2.05, 4.69) is 44.8 Å². The molecule has 1 N–H and O–H groups in total. The molecule has 1 atom stereocenters. The molecule has 104 valence electrons. The normalized spacial score (nSPS) is 13.6. The van der Waals surface area contributed by atoms with Crippen LogP contribution in [0.4, 0.5) is 0 Å². The molecule has 0 radical (unpaired) electrons. The highest BCUT2D eigenvalue weighted by Crippen LogP contribution is 2.09. The van der Waals surface area contributed by atoms with Gasteiger partial charge >= 0.3 is 0 Å². The summed E-state index contributed by atoms with van der Waals surface area (Å²) in [5.41, 5.74) is 0. The predicted octanol–water partition coefficient (Wildman–Crippen LogP) is 3.52. The molecular formula is C15H34N2. The Balaban J connectivity index is 3.74. The maximum Gasteiger partial charge on any atom is 0.0107 e. The average molecular weight is 242 g/mol. The van der Waals surface area contributed by atoms with Crippen molar-refractivity contribution in [3.63, 3.8) is 0 Å². The summed E-state index contributed by atoms with van der Waals surface area (Å²) < 4.78 is 0. The summed E-state index contributed by atoms with van der Waals surface area (Å²) in [4.78, 5) is 2.59. The van der Waals surface area contributed by atoms with Gasteiger partial charge in [-0.25, -0.2) is 0 Å². The van der Waals surface area contributed by atoms with Crippen molar-refractivity contribution in [3.05, 3.63) is 0 Å².